The summed E-state index contributed by atoms with van der Waals surface area (Å²) in [7, 11) is 0. The van der Waals surface area contributed by atoms with E-state index in [9.17, 15) is 4.79 Å². The zero-order chi connectivity index (χ0) is 17.8. The van der Waals surface area contributed by atoms with E-state index in [0.717, 1.165) is 35.8 Å². The van der Waals surface area contributed by atoms with Crippen LogP contribution < -0.4 is 10.1 Å². The quantitative estimate of drug-likeness (QED) is 0.668. The number of benzene rings is 1. The lowest BCUT2D eigenvalue weighted by molar-refractivity contribution is 0.0679. The van der Waals surface area contributed by atoms with Gasteiger partial charge in [-0.05, 0) is 48.6 Å². The Morgan fingerprint density at radius 1 is 1.27 bits per heavy atom. The van der Waals surface area contributed by atoms with Crippen molar-refractivity contribution in [1.82, 2.24) is 4.98 Å². The highest BCUT2D eigenvalue weighted by molar-refractivity contribution is 7.16. The normalized spacial score (nSPS) is 16.5. The van der Waals surface area contributed by atoms with Gasteiger partial charge in [0.05, 0.1) is 16.7 Å². The number of rotatable bonds is 6. The predicted molar refractivity (Wildman–Crippen MR) is 104 cm³/mol. The molecule has 0 unspecified atom stereocenters. The van der Waals surface area contributed by atoms with Gasteiger partial charge in [-0.2, -0.15) is 0 Å². The highest BCUT2D eigenvalue weighted by Crippen LogP contribution is 2.28. The average molecular weight is 386 g/mol. The van der Waals surface area contributed by atoms with E-state index < -0.39 is 0 Å². The van der Waals surface area contributed by atoms with Gasteiger partial charge in [0.15, 0.2) is 5.13 Å². The number of anilines is 1. The number of hydrogen-bond acceptors (Lipinski definition) is 6. The molecule has 7 heteroatoms. The van der Waals surface area contributed by atoms with Crippen molar-refractivity contribution in [2.75, 3.05) is 18.5 Å². The molecule has 0 saturated carbocycles. The van der Waals surface area contributed by atoms with Crippen LogP contribution in [0.25, 0.3) is 10.6 Å². The molecule has 1 atom stereocenters. The van der Waals surface area contributed by atoms with Crippen molar-refractivity contribution in [3.05, 3.63) is 52.7 Å². The standard InChI is InChI=1S/C19H18N2O3S2/c22-18(21-19-20-16(12-26-19)17-4-2-10-25-17)13-5-7-14(8-6-13)24-11-15-3-1-9-23-15/h2,4-8,10,12,15H,1,3,9,11H2,(H,20,21,22)/t15-/m0/s1. The minimum Gasteiger partial charge on any atom is -0.491 e. The van der Waals surface area contributed by atoms with Gasteiger partial charge in [0.2, 0.25) is 0 Å². The van der Waals surface area contributed by atoms with Crippen molar-refractivity contribution in [1.29, 1.82) is 0 Å². The molecule has 3 aromatic rings. The van der Waals surface area contributed by atoms with E-state index in [1.807, 2.05) is 35.0 Å². The van der Waals surface area contributed by atoms with Crippen molar-refractivity contribution < 1.29 is 14.3 Å². The summed E-state index contributed by atoms with van der Waals surface area (Å²) in [5.74, 6) is 0.564. The molecule has 0 spiro atoms. The van der Waals surface area contributed by atoms with Gasteiger partial charge in [0, 0.05) is 17.6 Å². The Bertz CT molecular complexity index is 853. The third-order valence-corrected chi connectivity index (χ3v) is 5.72. The summed E-state index contributed by atoms with van der Waals surface area (Å²) in [5.41, 5.74) is 1.46. The fourth-order valence-electron chi connectivity index (χ4n) is 2.71. The molecular formula is C19H18N2O3S2. The Kier molecular flexibility index (Phi) is 5.29. The lowest BCUT2D eigenvalue weighted by atomic mass is 10.2. The summed E-state index contributed by atoms with van der Waals surface area (Å²) in [6.45, 7) is 1.37. The molecule has 1 fully saturated rings. The molecule has 1 aromatic carbocycles. The van der Waals surface area contributed by atoms with Crippen molar-refractivity contribution in [2.45, 2.75) is 18.9 Å². The maximum atomic E-state index is 12.4. The summed E-state index contributed by atoms with van der Waals surface area (Å²) >= 11 is 3.05. The lowest BCUT2D eigenvalue weighted by Crippen LogP contribution is -2.16. The Morgan fingerprint density at radius 2 is 2.15 bits per heavy atom. The van der Waals surface area contributed by atoms with Gasteiger partial charge in [-0.15, -0.1) is 22.7 Å². The molecule has 1 N–H and O–H groups in total. The average Bonchev–Trinajstić information content (AvgIpc) is 3.41. The number of nitrogens with one attached hydrogen (secondary N) is 1. The Labute approximate surface area is 159 Å². The third-order valence-electron chi connectivity index (χ3n) is 4.07. The minimum absolute atomic E-state index is 0.178. The fourth-order valence-corrected chi connectivity index (χ4v) is 4.17. The third kappa shape index (κ3) is 4.12. The first-order valence-corrected chi connectivity index (χ1v) is 10.2. The molecule has 0 aliphatic carbocycles. The van der Waals surface area contributed by atoms with Gasteiger partial charge in [0.25, 0.3) is 5.91 Å². The van der Waals surface area contributed by atoms with Crippen LogP contribution in [0.5, 0.6) is 5.75 Å². The van der Waals surface area contributed by atoms with Crippen molar-refractivity contribution in [3.8, 4) is 16.3 Å². The number of amides is 1. The minimum atomic E-state index is -0.178. The zero-order valence-corrected chi connectivity index (χ0v) is 15.6. The number of nitrogens with zero attached hydrogens (tertiary/aromatic N) is 1. The highest BCUT2D eigenvalue weighted by Gasteiger charge is 2.16. The molecule has 1 aliphatic rings. The van der Waals surface area contributed by atoms with Crippen LogP contribution in [0.15, 0.2) is 47.2 Å². The molecule has 3 heterocycles. The van der Waals surface area contributed by atoms with Crippen LogP contribution in [-0.4, -0.2) is 30.2 Å². The fraction of sp³-hybridized carbons (Fsp3) is 0.263. The van der Waals surface area contributed by atoms with E-state index in [2.05, 4.69) is 10.3 Å². The van der Waals surface area contributed by atoms with Gasteiger partial charge in [-0.1, -0.05) is 6.07 Å². The molecule has 5 nitrogen and oxygen atoms in total. The number of hydrogen-bond donors (Lipinski definition) is 1. The van der Waals surface area contributed by atoms with Crippen LogP contribution in [0.2, 0.25) is 0 Å². The Hall–Kier alpha value is -2.22. The molecule has 4 rings (SSSR count). The molecule has 1 amide bonds. The SMILES string of the molecule is O=C(Nc1nc(-c2cccs2)cs1)c1ccc(OC[C@@H]2CCCO2)cc1. The topological polar surface area (TPSA) is 60.5 Å². The highest BCUT2D eigenvalue weighted by atomic mass is 32.1. The van der Waals surface area contributed by atoms with E-state index in [-0.39, 0.29) is 12.0 Å². The van der Waals surface area contributed by atoms with Crippen LogP contribution in [0.3, 0.4) is 0 Å². The summed E-state index contributed by atoms with van der Waals surface area (Å²) < 4.78 is 11.3. The van der Waals surface area contributed by atoms with Crippen LogP contribution in [0.1, 0.15) is 23.2 Å². The molecule has 134 valence electrons. The van der Waals surface area contributed by atoms with Crippen LogP contribution in [-0.2, 0) is 4.74 Å². The van der Waals surface area contributed by atoms with Gasteiger partial charge >= 0.3 is 0 Å². The number of carbonyl (C=O) groups is 1. The van der Waals surface area contributed by atoms with Crippen LogP contribution in [0, 0.1) is 0 Å². The van der Waals surface area contributed by atoms with Crippen molar-refractivity contribution in [2.24, 2.45) is 0 Å². The molecule has 0 bridgehead atoms. The number of aromatic nitrogens is 1. The van der Waals surface area contributed by atoms with E-state index in [4.69, 9.17) is 9.47 Å². The second kappa shape index (κ2) is 7.99. The van der Waals surface area contributed by atoms with E-state index >= 15 is 0 Å². The first-order chi connectivity index (χ1) is 12.8. The van der Waals surface area contributed by atoms with E-state index in [1.54, 1.807) is 23.5 Å². The van der Waals surface area contributed by atoms with Crippen molar-refractivity contribution in [3.63, 3.8) is 0 Å². The van der Waals surface area contributed by atoms with Crippen LogP contribution in [0.4, 0.5) is 5.13 Å². The first-order valence-electron chi connectivity index (χ1n) is 8.43. The second-order valence-electron chi connectivity index (χ2n) is 5.94. The monoisotopic (exact) mass is 386 g/mol. The number of carbonyl (C=O) groups excluding carboxylic acids is 1. The van der Waals surface area contributed by atoms with Gasteiger partial charge in [-0.3, -0.25) is 10.1 Å². The molecular weight excluding hydrogens is 368 g/mol. The smallest absolute Gasteiger partial charge is 0.257 e. The lowest BCUT2D eigenvalue weighted by Gasteiger charge is -2.11. The molecule has 26 heavy (non-hydrogen) atoms. The summed E-state index contributed by atoms with van der Waals surface area (Å²) in [6.07, 6.45) is 2.32. The number of thiazole rings is 1. The molecule has 0 radical (unpaired) electrons. The van der Waals surface area contributed by atoms with E-state index in [0.29, 0.717) is 17.3 Å². The Balaban J connectivity index is 1.34. The van der Waals surface area contributed by atoms with Crippen molar-refractivity contribution >= 4 is 33.7 Å². The summed E-state index contributed by atoms with van der Waals surface area (Å²) in [6, 6.07) is 11.1. The zero-order valence-electron chi connectivity index (χ0n) is 14.0. The summed E-state index contributed by atoms with van der Waals surface area (Å²) in [4.78, 5) is 17.9. The summed E-state index contributed by atoms with van der Waals surface area (Å²) in [5, 5.41) is 7.40. The first kappa shape index (κ1) is 17.2. The van der Waals surface area contributed by atoms with E-state index in [1.165, 1.54) is 11.3 Å². The van der Waals surface area contributed by atoms with Gasteiger partial charge in [-0.25, -0.2) is 4.98 Å². The second-order valence-corrected chi connectivity index (χ2v) is 7.75. The Morgan fingerprint density at radius 3 is 2.88 bits per heavy atom. The largest absolute Gasteiger partial charge is 0.491 e. The molecule has 2 aromatic heterocycles. The van der Waals surface area contributed by atoms with Gasteiger partial charge in [0.1, 0.15) is 12.4 Å². The molecule has 1 aliphatic heterocycles. The maximum absolute atomic E-state index is 12.4. The number of ether oxygens (including phenoxy) is 2. The predicted octanol–water partition coefficient (Wildman–Crippen LogP) is 4.68. The number of thiophene rings is 1. The molecule has 1 saturated heterocycles. The van der Waals surface area contributed by atoms with Gasteiger partial charge < -0.3 is 9.47 Å². The van der Waals surface area contributed by atoms with Crippen LogP contribution >= 0.6 is 22.7 Å². The maximum Gasteiger partial charge on any atom is 0.257 e.